The van der Waals surface area contributed by atoms with Crippen molar-refractivity contribution in [2.45, 2.75) is 77.0 Å². The lowest BCUT2D eigenvalue weighted by Gasteiger charge is -2.30. The van der Waals surface area contributed by atoms with Gasteiger partial charge in [0.25, 0.3) is 0 Å². The highest BCUT2D eigenvalue weighted by molar-refractivity contribution is 5.98. The van der Waals surface area contributed by atoms with Crippen LogP contribution in [0, 0.1) is 0 Å². The highest BCUT2D eigenvalue weighted by Gasteiger charge is 2.41. The average Bonchev–Trinajstić information content (AvgIpc) is 1.57. The predicted octanol–water partition coefficient (Wildman–Crippen LogP) is 29.5. The first-order valence-corrected chi connectivity index (χ1v) is 38.9. The van der Waals surface area contributed by atoms with Gasteiger partial charge in [-0.1, -0.05) is 334 Å². The van der Waals surface area contributed by atoms with Gasteiger partial charge in [0.1, 0.15) is 0 Å². The maximum absolute atomic E-state index is 2.52. The molecule has 526 valence electrons. The molecule has 0 atom stereocenters. The third kappa shape index (κ3) is 10.6. The highest BCUT2D eigenvalue weighted by atomic mass is 15.1. The number of benzene rings is 16. The summed E-state index contributed by atoms with van der Waals surface area (Å²) in [6.45, 7) is 19.2. The molecule has 2 heteroatoms. The van der Waals surface area contributed by atoms with Crippen molar-refractivity contribution in [1.29, 1.82) is 0 Å². The van der Waals surface area contributed by atoms with Crippen molar-refractivity contribution in [2.75, 3.05) is 9.80 Å². The summed E-state index contributed by atoms with van der Waals surface area (Å²) < 4.78 is 0. The molecule has 16 aromatic carbocycles. The molecule has 4 aliphatic rings. The fourth-order valence-corrected chi connectivity index (χ4v) is 19.3. The molecule has 0 aliphatic heterocycles. The largest absolute Gasteiger partial charge is 0.310 e. The van der Waals surface area contributed by atoms with Crippen LogP contribution in [0.5, 0.6) is 0 Å². The molecule has 0 saturated carbocycles. The molecule has 0 radical (unpaired) electrons. The van der Waals surface area contributed by atoms with Crippen molar-refractivity contribution in [3.63, 3.8) is 0 Å². The Morgan fingerprint density at radius 3 is 0.818 bits per heavy atom. The molecule has 0 amide bonds. The van der Waals surface area contributed by atoms with Crippen molar-refractivity contribution in [3.05, 3.63) is 408 Å². The lowest BCUT2D eigenvalue weighted by Crippen LogP contribution is -2.18. The first-order valence-electron chi connectivity index (χ1n) is 38.9. The normalized spacial score (nSPS) is 14.3. The summed E-state index contributed by atoms with van der Waals surface area (Å²) in [6.07, 6.45) is 0. The third-order valence-electron chi connectivity index (χ3n) is 25.1. The van der Waals surface area contributed by atoms with Crippen LogP contribution in [0.3, 0.4) is 0 Å². The Bertz CT molecular complexity index is 6280. The Hall–Kier alpha value is -12.9. The molecule has 0 fully saturated rings. The molecule has 0 bridgehead atoms. The zero-order valence-corrected chi connectivity index (χ0v) is 63.5. The van der Waals surface area contributed by atoms with E-state index in [0.29, 0.717) is 0 Å². The van der Waals surface area contributed by atoms with Crippen LogP contribution in [0.15, 0.2) is 364 Å². The lowest BCUT2D eigenvalue weighted by atomic mass is 9.81. The van der Waals surface area contributed by atoms with Crippen LogP contribution >= 0.6 is 0 Å². The fourth-order valence-electron chi connectivity index (χ4n) is 19.3. The van der Waals surface area contributed by atoms with Gasteiger partial charge in [0.05, 0.1) is 0 Å². The second-order valence-electron chi connectivity index (χ2n) is 32.7. The predicted molar refractivity (Wildman–Crippen MR) is 464 cm³/mol. The zero-order chi connectivity index (χ0) is 74.4. The standard InChI is InChI=1S/C108H84N2/c1-105(2)97-40-23-20-37-87(97)91-57-50-79(65-101(91)105)109(80-51-58-92-88-38-21-24-41-98(88)106(3,4)102(92)66-80)77-48-55-84(76-34-26-33-74(61-76)69-27-12-9-13-28-69)95(63-77)73-45-43-70(44-46-73)75-47-54-90-94-60-53-82(68-104(94)108(7,8)100(90)62-75)110(81-52-59-93-89-39-22-25-42-99(89)107(5,6)103(93)67-81)78-49-56-86(96(64-78)72-31-16-11-17-32-72)85-36-19-18-35-83(85)71-29-14-10-15-30-71/h9-68H,1-8H3. The summed E-state index contributed by atoms with van der Waals surface area (Å²) in [6, 6.07) is 137. The minimum Gasteiger partial charge on any atom is -0.310 e. The van der Waals surface area contributed by atoms with Crippen molar-refractivity contribution in [1.82, 2.24) is 0 Å². The quantitative estimate of drug-likeness (QED) is 0.114. The van der Waals surface area contributed by atoms with Gasteiger partial charge >= 0.3 is 0 Å². The number of hydrogen-bond donors (Lipinski definition) is 0. The summed E-state index contributed by atoms with van der Waals surface area (Å²) in [7, 11) is 0. The van der Waals surface area contributed by atoms with E-state index in [1.807, 2.05) is 0 Å². The Morgan fingerprint density at radius 2 is 0.373 bits per heavy atom. The topological polar surface area (TPSA) is 6.48 Å². The van der Waals surface area contributed by atoms with Crippen LogP contribution in [-0.2, 0) is 21.7 Å². The van der Waals surface area contributed by atoms with Gasteiger partial charge in [0, 0.05) is 55.8 Å². The van der Waals surface area contributed by atoms with E-state index in [1.165, 1.54) is 156 Å². The first kappa shape index (κ1) is 66.5. The maximum Gasteiger partial charge on any atom is 0.0468 e. The van der Waals surface area contributed by atoms with Gasteiger partial charge < -0.3 is 9.80 Å². The third-order valence-corrected chi connectivity index (χ3v) is 25.1. The van der Waals surface area contributed by atoms with E-state index < -0.39 is 0 Å². The number of hydrogen-bond acceptors (Lipinski definition) is 2. The van der Waals surface area contributed by atoms with E-state index in [-0.39, 0.29) is 21.7 Å². The van der Waals surface area contributed by atoms with E-state index in [4.69, 9.17) is 0 Å². The fraction of sp³-hybridized carbons (Fsp3) is 0.111. The van der Waals surface area contributed by atoms with E-state index in [1.54, 1.807) is 0 Å². The molecule has 0 heterocycles. The molecule has 20 rings (SSSR count). The summed E-state index contributed by atoms with van der Waals surface area (Å²) in [5.41, 5.74) is 43.6. The minimum absolute atomic E-state index is 0.184. The summed E-state index contributed by atoms with van der Waals surface area (Å²) in [4.78, 5) is 5.04. The van der Waals surface area contributed by atoms with Gasteiger partial charge in [-0.25, -0.2) is 0 Å². The van der Waals surface area contributed by atoms with Crippen LogP contribution in [0.25, 0.3) is 122 Å². The summed E-state index contributed by atoms with van der Waals surface area (Å²) in [5, 5.41) is 0. The van der Waals surface area contributed by atoms with Gasteiger partial charge in [-0.15, -0.1) is 0 Å². The Balaban J connectivity index is 0.693. The lowest BCUT2D eigenvalue weighted by molar-refractivity contribution is 0.659. The SMILES string of the molecule is CC1(C)c2ccccc2-c2ccc(N(c3ccc(-c4cccc(-c5ccccc5)c4)c(-c4ccc(-c5ccc6c(c5)C(C)(C)c5cc(N(c7ccc(-c8ccccc8-c8ccccc8)c(-c8ccccc8)c7)c7ccc8c(c7)C(C)(C)c7ccccc7-8)ccc5-6)cc4)c3)c3ccc4c(c3)C(C)(C)c3ccccc3-4)cc21. The number of fused-ring (bicyclic) bond motifs is 12. The number of rotatable bonds is 13. The van der Waals surface area contributed by atoms with E-state index in [0.717, 1.165) is 45.3 Å². The van der Waals surface area contributed by atoms with Gasteiger partial charge in [-0.3, -0.25) is 0 Å². The van der Waals surface area contributed by atoms with Crippen LogP contribution in [0.4, 0.5) is 34.1 Å². The molecular weight excluding hydrogens is 1330 g/mol. The van der Waals surface area contributed by atoms with Crippen LogP contribution in [-0.4, -0.2) is 0 Å². The van der Waals surface area contributed by atoms with Crippen molar-refractivity contribution < 1.29 is 0 Å². The summed E-state index contributed by atoms with van der Waals surface area (Å²) in [5.74, 6) is 0. The van der Waals surface area contributed by atoms with Gasteiger partial charge in [-0.2, -0.15) is 0 Å². The Kier molecular flexibility index (Phi) is 15.4. The minimum atomic E-state index is -0.337. The van der Waals surface area contributed by atoms with Crippen molar-refractivity contribution >= 4 is 34.1 Å². The molecule has 4 aliphatic carbocycles. The summed E-state index contributed by atoms with van der Waals surface area (Å²) >= 11 is 0. The molecule has 2 nitrogen and oxygen atoms in total. The van der Waals surface area contributed by atoms with Crippen molar-refractivity contribution in [3.8, 4) is 122 Å². The molecule has 0 spiro atoms. The van der Waals surface area contributed by atoms with Crippen molar-refractivity contribution in [2.24, 2.45) is 0 Å². The Morgan fingerprint density at radius 1 is 0.136 bits per heavy atom. The molecule has 0 N–H and O–H groups in total. The van der Waals surface area contributed by atoms with Crippen LogP contribution < -0.4 is 9.80 Å². The van der Waals surface area contributed by atoms with E-state index in [9.17, 15) is 0 Å². The molecule has 110 heavy (non-hydrogen) atoms. The van der Waals surface area contributed by atoms with Gasteiger partial charge in [0.2, 0.25) is 0 Å². The maximum atomic E-state index is 2.52. The molecule has 0 aromatic heterocycles. The molecule has 16 aromatic rings. The average molecular weight is 1410 g/mol. The second kappa shape index (κ2) is 25.4. The number of nitrogens with zero attached hydrogens (tertiary/aromatic N) is 2. The smallest absolute Gasteiger partial charge is 0.0468 e. The highest BCUT2D eigenvalue weighted by Crippen LogP contribution is 2.58. The molecular formula is C108H84N2. The zero-order valence-electron chi connectivity index (χ0n) is 63.5. The monoisotopic (exact) mass is 1410 g/mol. The second-order valence-corrected chi connectivity index (χ2v) is 32.7. The number of anilines is 6. The van der Waals surface area contributed by atoms with E-state index >= 15 is 0 Å². The van der Waals surface area contributed by atoms with Gasteiger partial charge in [-0.05, 0) is 252 Å². The van der Waals surface area contributed by atoms with Crippen LogP contribution in [0.2, 0.25) is 0 Å². The van der Waals surface area contributed by atoms with Gasteiger partial charge in [0.15, 0.2) is 0 Å². The first-order chi connectivity index (χ1) is 53.6. The molecule has 0 saturated heterocycles. The molecule has 0 unspecified atom stereocenters. The Labute approximate surface area is 647 Å². The van der Waals surface area contributed by atoms with E-state index in [2.05, 4.69) is 429 Å². The van der Waals surface area contributed by atoms with Crippen LogP contribution in [0.1, 0.15) is 99.9 Å².